The lowest BCUT2D eigenvalue weighted by molar-refractivity contribution is 0.118. The summed E-state index contributed by atoms with van der Waals surface area (Å²) in [6.45, 7) is 11.9. The number of hydrogen-bond acceptors (Lipinski definition) is 2. The Hall–Kier alpha value is -0.0800. The van der Waals surface area contributed by atoms with Gasteiger partial charge < -0.3 is 10.1 Å². The monoisotopic (exact) mass is 201 g/mol. The van der Waals surface area contributed by atoms with Gasteiger partial charge in [0, 0.05) is 19.3 Å². The largest absolute Gasteiger partial charge is 0.381 e. The average Bonchev–Trinajstić information content (AvgIpc) is 2.20. The van der Waals surface area contributed by atoms with Crippen LogP contribution in [0.15, 0.2) is 0 Å². The predicted molar refractivity (Wildman–Crippen MR) is 62.6 cm³/mol. The molecule has 0 saturated heterocycles. The molecule has 14 heavy (non-hydrogen) atoms. The molecule has 1 N–H and O–H groups in total. The molecule has 0 aromatic rings. The van der Waals surface area contributed by atoms with Crippen molar-refractivity contribution < 1.29 is 4.74 Å². The van der Waals surface area contributed by atoms with Gasteiger partial charge in [-0.15, -0.1) is 0 Å². The zero-order valence-electron chi connectivity index (χ0n) is 10.3. The fraction of sp³-hybridized carbons (Fsp3) is 1.00. The summed E-state index contributed by atoms with van der Waals surface area (Å²) >= 11 is 0. The topological polar surface area (TPSA) is 21.3 Å². The Morgan fingerprint density at radius 1 is 1.07 bits per heavy atom. The van der Waals surface area contributed by atoms with E-state index in [4.69, 9.17) is 4.74 Å². The van der Waals surface area contributed by atoms with Crippen LogP contribution in [0.3, 0.4) is 0 Å². The Bertz CT molecular complexity index is 117. The summed E-state index contributed by atoms with van der Waals surface area (Å²) < 4.78 is 5.48. The molecule has 0 aliphatic carbocycles. The molecule has 0 bridgehead atoms. The first-order valence-corrected chi connectivity index (χ1v) is 6.03. The Morgan fingerprint density at radius 3 is 2.36 bits per heavy atom. The maximum atomic E-state index is 5.48. The van der Waals surface area contributed by atoms with Crippen LogP contribution in [0.5, 0.6) is 0 Å². The van der Waals surface area contributed by atoms with Gasteiger partial charge >= 0.3 is 0 Å². The predicted octanol–water partition coefficient (Wildman–Crippen LogP) is 2.83. The Morgan fingerprint density at radius 2 is 1.79 bits per heavy atom. The van der Waals surface area contributed by atoms with Crippen molar-refractivity contribution in [3.8, 4) is 0 Å². The van der Waals surface area contributed by atoms with E-state index < -0.39 is 0 Å². The van der Waals surface area contributed by atoms with Crippen molar-refractivity contribution in [3.05, 3.63) is 0 Å². The molecule has 0 aromatic heterocycles. The van der Waals surface area contributed by atoms with Gasteiger partial charge in [-0.05, 0) is 38.6 Å². The smallest absolute Gasteiger partial charge is 0.0469 e. The van der Waals surface area contributed by atoms with E-state index >= 15 is 0 Å². The molecule has 0 aromatic carbocycles. The van der Waals surface area contributed by atoms with E-state index in [9.17, 15) is 0 Å². The van der Waals surface area contributed by atoms with E-state index in [0.29, 0.717) is 12.0 Å². The molecule has 0 radical (unpaired) electrons. The quantitative estimate of drug-likeness (QED) is 0.579. The molecule has 2 atom stereocenters. The maximum absolute atomic E-state index is 5.48. The van der Waals surface area contributed by atoms with E-state index in [-0.39, 0.29) is 0 Å². The Balaban J connectivity index is 3.36. The molecule has 0 rings (SSSR count). The van der Waals surface area contributed by atoms with Crippen molar-refractivity contribution >= 4 is 0 Å². The van der Waals surface area contributed by atoms with Crippen molar-refractivity contribution in [2.45, 2.75) is 53.0 Å². The van der Waals surface area contributed by atoms with Crippen LogP contribution in [0.1, 0.15) is 47.0 Å². The van der Waals surface area contributed by atoms with Gasteiger partial charge in [0.25, 0.3) is 0 Å². The minimum Gasteiger partial charge on any atom is -0.381 e. The van der Waals surface area contributed by atoms with E-state index in [2.05, 4.69) is 33.0 Å². The second-order valence-electron chi connectivity index (χ2n) is 4.12. The molecule has 0 aliphatic heterocycles. The summed E-state index contributed by atoms with van der Waals surface area (Å²) in [4.78, 5) is 0. The first-order valence-electron chi connectivity index (χ1n) is 6.03. The molecule has 0 aliphatic rings. The molecular formula is C12H27NO. The minimum atomic E-state index is 0.611. The molecule has 86 valence electrons. The van der Waals surface area contributed by atoms with Gasteiger partial charge in [-0.25, -0.2) is 0 Å². The molecule has 0 saturated carbocycles. The average molecular weight is 201 g/mol. The lowest BCUT2D eigenvalue weighted by atomic mass is 10.0. The van der Waals surface area contributed by atoms with Crippen LogP contribution in [0.4, 0.5) is 0 Å². The van der Waals surface area contributed by atoms with E-state index in [1.165, 1.54) is 6.42 Å². The van der Waals surface area contributed by atoms with Crippen LogP contribution in [0, 0.1) is 5.92 Å². The van der Waals surface area contributed by atoms with Crippen LogP contribution in [0.2, 0.25) is 0 Å². The highest BCUT2D eigenvalue weighted by atomic mass is 16.5. The lowest BCUT2D eigenvalue weighted by Gasteiger charge is -2.20. The lowest BCUT2D eigenvalue weighted by Crippen LogP contribution is -2.33. The second-order valence-corrected chi connectivity index (χ2v) is 4.12. The van der Waals surface area contributed by atoms with Crippen LogP contribution >= 0.6 is 0 Å². The Labute approximate surface area is 89.4 Å². The first-order chi connectivity index (χ1) is 6.72. The molecule has 2 unspecified atom stereocenters. The fourth-order valence-electron chi connectivity index (χ4n) is 1.34. The zero-order chi connectivity index (χ0) is 10.8. The van der Waals surface area contributed by atoms with Gasteiger partial charge in [0.15, 0.2) is 0 Å². The number of rotatable bonds is 9. The first kappa shape index (κ1) is 13.9. The van der Waals surface area contributed by atoms with Crippen LogP contribution in [-0.4, -0.2) is 25.8 Å². The van der Waals surface area contributed by atoms with Gasteiger partial charge in [-0.3, -0.25) is 0 Å². The zero-order valence-corrected chi connectivity index (χ0v) is 10.3. The number of ether oxygens (including phenoxy) is 1. The van der Waals surface area contributed by atoms with Gasteiger partial charge in [-0.2, -0.15) is 0 Å². The van der Waals surface area contributed by atoms with Crippen molar-refractivity contribution in [1.29, 1.82) is 0 Å². The van der Waals surface area contributed by atoms with Gasteiger partial charge in [0.2, 0.25) is 0 Å². The van der Waals surface area contributed by atoms with Crippen molar-refractivity contribution in [2.75, 3.05) is 19.8 Å². The normalized spacial score (nSPS) is 15.4. The highest BCUT2D eigenvalue weighted by Gasteiger charge is 2.10. The molecule has 2 heteroatoms. The molecule has 0 spiro atoms. The molecule has 0 fully saturated rings. The standard InChI is InChI=1S/C12H27NO/c1-5-8-13-12(4)11(3)7-10-14-9-6-2/h11-13H,5-10H2,1-4H3. The Kier molecular flexibility index (Phi) is 9.42. The second kappa shape index (κ2) is 9.47. The summed E-state index contributed by atoms with van der Waals surface area (Å²) in [7, 11) is 0. The summed E-state index contributed by atoms with van der Waals surface area (Å²) in [5.41, 5.74) is 0. The third kappa shape index (κ3) is 7.34. The van der Waals surface area contributed by atoms with Crippen LogP contribution in [0.25, 0.3) is 0 Å². The maximum Gasteiger partial charge on any atom is 0.0469 e. The summed E-state index contributed by atoms with van der Waals surface area (Å²) in [5, 5.41) is 3.52. The highest BCUT2D eigenvalue weighted by molar-refractivity contribution is 4.67. The van der Waals surface area contributed by atoms with Crippen LogP contribution < -0.4 is 5.32 Å². The molecule has 2 nitrogen and oxygen atoms in total. The van der Waals surface area contributed by atoms with E-state index in [1.54, 1.807) is 0 Å². The van der Waals surface area contributed by atoms with E-state index in [0.717, 1.165) is 32.6 Å². The molecular weight excluding hydrogens is 174 g/mol. The van der Waals surface area contributed by atoms with Gasteiger partial charge in [-0.1, -0.05) is 20.8 Å². The third-order valence-corrected chi connectivity index (χ3v) is 2.64. The van der Waals surface area contributed by atoms with Crippen molar-refractivity contribution in [1.82, 2.24) is 5.32 Å². The summed E-state index contributed by atoms with van der Waals surface area (Å²) in [6.07, 6.45) is 3.50. The molecule has 0 amide bonds. The SMILES string of the molecule is CCCNC(C)C(C)CCOCCC. The number of nitrogens with one attached hydrogen (secondary N) is 1. The van der Waals surface area contributed by atoms with Crippen molar-refractivity contribution in [3.63, 3.8) is 0 Å². The van der Waals surface area contributed by atoms with Crippen molar-refractivity contribution in [2.24, 2.45) is 5.92 Å². The fourth-order valence-corrected chi connectivity index (χ4v) is 1.34. The molecule has 0 heterocycles. The summed E-state index contributed by atoms with van der Waals surface area (Å²) in [6, 6.07) is 0.611. The number of hydrogen-bond donors (Lipinski definition) is 1. The third-order valence-electron chi connectivity index (χ3n) is 2.64. The highest BCUT2D eigenvalue weighted by Crippen LogP contribution is 2.07. The van der Waals surface area contributed by atoms with Gasteiger partial charge in [0.05, 0.1) is 0 Å². The minimum absolute atomic E-state index is 0.611. The summed E-state index contributed by atoms with van der Waals surface area (Å²) in [5.74, 6) is 0.707. The van der Waals surface area contributed by atoms with Crippen LogP contribution in [-0.2, 0) is 4.74 Å². The van der Waals surface area contributed by atoms with E-state index in [1.807, 2.05) is 0 Å². The van der Waals surface area contributed by atoms with Gasteiger partial charge in [0.1, 0.15) is 0 Å².